The molecule has 2 N–H and O–H groups in total. The highest BCUT2D eigenvalue weighted by atomic mass is 16.5. The van der Waals surface area contributed by atoms with Gasteiger partial charge in [-0.1, -0.05) is 6.42 Å². The average molecular weight is 336 g/mol. The SMILES string of the molecule is O=C(O)C1CCC(NC(=O)N2CC3(CCC3)C2C2CCCO2)CC1. The van der Waals surface area contributed by atoms with Crippen LogP contribution in [0.15, 0.2) is 0 Å². The average Bonchev–Trinajstić information content (AvgIpc) is 2.98. The van der Waals surface area contributed by atoms with Gasteiger partial charge in [-0.15, -0.1) is 0 Å². The van der Waals surface area contributed by atoms with E-state index in [2.05, 4.69) is 5.32 Å². The van der Waals surface area contributed by atoms with Crippen molar-refractivity contribution in [2.75, 3.05) is 13.2 Å². The Morgan fingerprint density at radius 1 is 1.08 bits per heavy atom. The molecule has 0 aromatic carbocycles. The minimum absolute atomic E-state index is 0.0341. The fourth-order valence-corrected chi connectivity index (χ4v) is 5.22. The van der Waals surface area contributed by atoms with Crippen LogP contribution in [0.25, 0.3) is 0 Å². The molecule has 2 heterocycles. The van der Waals surface area contributed by atoms with Gasteiger partial charge in [-0.3, -0.25) is 4.79 Å². The zero-order valence-electron chi connectivity index (χ0n) is 14.2. The van der Waals surface area contributed by atoms with E-state index in [0.29, 0.717) is 18.3 Å². The van der Waals surface area contributed by atoms with Crippen molar-refractivity contribution in [3.8, 4) is 0 Å². The van der Waals surface area contributed by atoms with E-state index in [0.717, 1.165) is 38.8 Å². The number of carbonyl (C=O) groups excluding carboxylic acids is 1. The molecule has 0 aromatic rings. The third kappa shape index (κ3) is 2.68. The Morgan fingerprint density at radius 3 is 2.38 bits per heavy atom. The smallest absolute Gasteiger partial charge is 0.317 e. The maximum absolute atomic E-state index is 12.7. The van der Waals surface area contributed by atoms with Crippen molar-refractivity contribution < 1.29 is 19.4 Å². The van der Waals surface area contributed by atoms with Gasteiger partial charge >= 0.3 is 12.0 Å². The summed E-state index contributed by atoms with van der Waals surface area (Å²) in [4.78, 5) is 25.8. The molecule has 1 spiro atoms. The first-order chi connectivity index (χ1) is 11.6. The van der Waals surface area contributed by atoms with Crippen LogP contribution in [-0.2, 0) is 9.53 Å². The number of carbonyl (C=O) groups is 2. The highest BCUT2D eigenvalue weighted by molar-refractivity contribution is 5.76. The van der Waals surface area contributed by atoms with Gasteiger partial charge in [0.2, 0.25) is 0 Å². The van der Waals surface area contributed by atoms with Crippen molar-refractivity contribution in [3.05, 3.63) is 0 Å². The summed E-state index contributed by atoms with van der Waals surface area (Å²) in [6, 6.07) is 0.409. The lowest BCUT2D eigenvalue weighted by Crippen LogP contribution is -2.74. The second-order valence-electron chi connectivity index (χ2n) is 8.18. The summed E-state index contributed by atoms with van der Waals surface area (Å²) in [6.45, 7) is 1.69. The van der Waals surface area contributed by atoms with Crippen LogP contribution in [0, 0.1) is 11.3 Å². The molecule has 2 saturated carbocycles. The lowest BCUT2D eigenvalue weighted by atomic mass is 9.56. The first-order valence-corrected chi connectivity index (χ1v) is 9.51. The number of hydrogen-bond acceptors (Lipinski definition) is 3. The van der Waals surface area contributed by atoms with Gasteiger partial charge in [0.1, 0.15) is 0 Å². The maximum atomic E-state index is 12.7. The van der Waals surface area contributed by atoms with Crippen LogP contribution in [0.1, 0.15) is 57.8 Å². The Morgan fingerprint density at radius 2 is 1.83 bits per heavy atom. The van der Waals surface area contributed by atoms with Crippen LogP contribution in [0.5, 0.6) is 0 Å². The monoisotopic (exact) mass is 336 g/mol. The van der Waals surface area contributed by atoms with Crippen molar-refractivity contribution >= 4 is 12.0 Å². The largest absolute Gasteiger partial charge is 0.481 e. The quantitative estimate of drug-likeness (QED) is 0.829. The van der Waals surface area contributed by atoms with Gasteiger partial charge in [0.25, 0.3) is 0 Å². The summed E-state index contributed by atoms with van der Waals surface area (Å²) in [6.07, 6.45) is 8.99. The van der Waals surface area contributed by atoms with Crippen molar-refractivity contribution in [3.63, 3.8) is 0 Å². The minimum atomic E-state index is -0.701. The van der Waals surface area contributed by atoms with Crippen molar-refractivity contribution in [1.82, 2.24) is 10.2 Å². The van der Waals surface area contributed by atoms with Gasteiger partial charge in [0, 0.05) is 24.6 Å². The molecule has 4 aliphatic rings. The fraction of sp³-hybridized carbons (Fsp3) is 0.889. The summed E-state index contributed by atoms with van der Waals surface area (Å²) >= 11 is 0. The number of hydrogen-bond donors (Lipinski definition) is 2. The Balaban J connectivity index is 1.34. The molecule has 4 rings (SSSR count). The van der Waals surface area contributed by atoms with Gasteiger partial charge < -0.3 is 20.1 Å². The molecule has 0 radical (unpaired) electrons. The standard InChI is InChI=1S/C18H28N2O4/c21-16(22)12-4-6-13(7-5-12)19-17(23)20-11-18(8-2-9-18)15(20)14-3-1-10-24-14/h12-15H,1-11H2,(H,19,23)(H,21,22). The van der Waals surface area contributed by atoms with Crippen LogP contribution in [0.4, 0.5) is 4.79 Å². The van der Waals surface area contributed by atoms with Crippen molar-refractivity contribution in [1.29, 1.82) is 0 Å². The molecule has 2 saturated heterocycles. The number of urea groups is 1. The van der Waals surface area contributed by atoms with Crippen LogP contribution in [0.2, 0.25) is 0 Å². The van der Waals surface area contributed by atoms with Gasteiger partial charge in [0.15, 0.2) is 0 Å². The Hall–Kier alpha value is -1.30. The molecule has 24 heavy (non-hydrogen) atoms. The topological polar surface area (TPSA) is 78.9 Å². The minimum Gasteiger partial charge on any atom is -0.481 e. The molecule has 0 bridgehead atoms. The van der Waals surface area contributed by atoms with Crippen LogP contribution in [0.3, 0.4) is 0 Å². The molecule has 2 aliphatic heterocycles. The molecule has 6 nitrogen and oxygen atoms in total. The number of nitrogens with one attached hydrogen (secondary N) is 1. The van der Waals surface area contributed by atoms with Crippen molar-refractivity contribution in [2.45, 2.75) is 76.0 Å². The van der Waals surface area contributed by atoms with Crippen LogP contribution in [-0.4, -0.2) is 53.3 Å². The number of carboxylic acid groups (broad SMARTS) is 1. The number of amides is 2. The first-order valence-electron chi connectivity index (χ1n) is 9.51. The summed E-state index contributed by atoms with van der Waals surface area (Å²) in [7, 11) is 0. The van der Waals surface area contributed by atoms with E-state index in [9.17, 15) is 9.59 Å². The Labute approximate surface area is 142 Å². The molecule has 134 valence electrons. The van der Waals surface area contributed by atoms with E-state index in [1.54, 1.807) is 0 Å². The predicted molar refractivity (Wildman–Crippen MR) is 87.7 cm³/mol. The highest BCUT2D eigenvalue weighted by Crippen LogP contribution is 2.55. The molecule has 4 fully saturated rings. The van der Waals surface area contributed by atoms with Gasteiger partial charge in [-0.25, -0.2) is 4.79 Å². The van der Waals surface area contributed by atoms with Crippen LogP contribution < -0.4 is 5.32 Å². The lowest BCUT2D eigenvalue weighted by Gasteiger charge is -2.63. The summed E-state index contributed by atoms with van der Waals surface area (Å²) in [5.41, 5.74) is 0.327. The van der Waals surface area contributed by atoms with E-state index >= 15 is 0 Å². The predicted octanol–water partition coefficient (Wildman–Crippen LogP) is 2.37. The number of aliphatic carboxylic acids is 1. The van der Waals surface area contributed by atoms with E-state index in [-0.39, 0.29) is 30.1 Å². The first kappa shape index (κ1) is 16.2. The molecule has 2 unspecified atom stereocenters. The van der Waals surface area contributed by atoms with E-state index in [1.165, 1.54) is 19.3 Å². The Kier molecular flexibility index (Phi) is 4.19. The summed E-state index contributed by atoms with van der Waals surface area (Å²) < 4.78 is 5.91. The second kappa shape index (κ2) is 6.21. The van der Waals surface area contributed by atoms with Crippen molar-refractivity contribution in [2.24, 2.45) is 11.3 Å². The zero-order valence-corrected chi connectivity index (χ0v) is 14.2. The van der Waals surface area contributed by atoms with E-state index < -0.39 is 5.97 Å². The summed E-state index contributed by atoms with van der Waals surface area (Å²) in [5.74, 6) is -0.937. The Bertz CT molecular complexity index is 505. The highest BCUT2D eigenvalue weighted by Gasteiger charge is 2.60. The molecular formula is C18H28N2O4. The maximum Gasteiger partial charge on any atom is 0.317 e. The molecule has 0 aromatic heterocycles. The summed E-state index contributed by atoms with van der Waals surface area (Å²) in [5, 5.41) is 12.2. The van der Waals surface area contributed by atoms with E-state index in [4.69, 9.17) is 9.84 Å². The number of carboxylic acids is 1. The number of nitrogens with zero attached hydrogens (tertiary/aromatic N) is 1. The third-order valence-electron chi connectivity index (χ3n) is 6.78. The number of ether oxygens (including phenoxy) is 1. The zero-order chi connectivity index (χ0) is 16.7. The molecule has 2 amide bonds. The lowest BCUT2D eigenvalue weighted by molar-refractivity contribution is -0.148. The normalized spacial score (nSPS) is 37.6. The molecule has 2 aliphatic carbocycles. The molecular weight excluding hydrogens is 308 g/mol. The molecule has 6 heteroatoms. The van der Waals surface area contributed by atoms with Crippen LogP contribution >= 0.6 is 0 Å². The molecule has 2 atom stereocenters. The third-order valence-corrected chi connectivity index (χ3v) is 6.78. The number of likely N-dealkylation sites (tertiary alicyclic amines) is 1. The second-order valence-corrected chi connectivity index (χ2v) is 8.18. The van der Waals surface area contributed by atoms with Gasteiger partial charge in [-0.05, 0) is 51.4 Å². The van der Waals surface area contributed by atoms with E-state index in [1.807, 2.05) is 4.90 Å². The fourth-order valence-electron chi connectivity index (χ4n) is 5.22. The van der Waals surface area contributed by atoms with Gasteiger partial charge in [-0.2, -0.15) is 0 Å². The number of rotatable bonds is 3. The van der Waals surface area contributed by atoms with Gasteiger partial charge in [0.05, 0.1) is 18.1 Å².